The lowest BCUT2D eigenvalue weighted by molar-refractivity contribution is 0.0233. The molecule has 1 saturated heterocycles. The fraction of sp³-hybridized carbons (Fsp3) is 0.727. The molecule has 3 N–H and O–H groups in total. The molecule has 0 spiro atoms. The Bertz CT molecular complexity index is 578. The maximum Gasteiger partial charge on any atom is 0.0591 e. The highest BCUT2D eigenvalue weighted by atomic mass is 16.3. The number of nitrogens with zero attached hydrogens (tertiary/aromatic N) is 1. The van der Waals surface area contributed by atoms with Crippen molar-refractivity contribution >= 4 is 0 Å². The highest BCUT2D eigenvalue weighted by Crippen LogP contribution is 2.29. The van der Waals surface area contributed by atoms with E-state index in [1.165, 1.54) is 31.2 Å². The van der Waals surface area contributed by atoms with Crippen LogP contribution in [0.3, 0.4) is 0 Å². The Kier molecular flexibility index (Phi) is 5.87. The largest absolute Gasteiger partial charge is 0.393 e. The van der Waals surface area contributed by atoms with Crippen molar-refractivity contribution in [3.8, 4) is 0 Å². The van der Waals surface area contributed by atoms with Gasteiger partial charge in [-0.1, -0.05) is 39.0 Å². The minimum atomic E-state index is -0.256. The van der Waals surface area contributed by atoms with Crippen LogP contribution in [0.25, 0.3) is 0 Å². The first-order valence-corrected chi connectivity index (χ1v) is 10.1. The predicted octanol–water partition coefficient (Wildman–Crippen LogP) is 3.51. The molecule has 3 rings (SSSR count). The van der Waals surface area contributed by atoms with Crippen molar-refractivity contribution in [3.05, 3.63) is 34.9 Å². The van der Waals surface area contributed by atoms with E-state index in [2.05, 4.69) is 43.9 Å². The van der Waals surface area contributed by atoms with Crippen LogP contribution in [0.1, 0.15) is 63.1 Å². The second-order valence-corrected chi connectivity index (χ2v) is 9.48. The van der Waals surface area contributed by atoms with Gasteiger partial charge in [-0.15, -0.1) is 0 Å². The Labute approximate surface area is 153 Å². The Hall–Kier alpha value is -0.900. The minimum Gasteiger partial charge on any atom is -0.393 e. The number of aryl methyl sites for hydroxylation is 2. The van der Waals surface area contributed by atoms with E-state index < -0.39 is 0 Å². The molecule has 3 nitrogen and oxygen atoms in total. The van der Waals surface area contributed by atoms with Crippen molar-refractivity contribution in [2.45, 2.75) is 78.0 Å². The lowest BCUT2D eigenvalue weighted by Crippen LogP contribution is -2.47. The standard InChI is InChI=1S/C22H36N2O/c1-22(2,3)21(25)12-17-11-20(23)15-24(14-17)13-16-8-9-18-6-4-5-7-19(18)10-16/h8-10,17,20-21,25H,4-7,11-15,23H2,1-3H3. The lowest BCUT2D eigenvalue weighted by Gasteiger charge is -2.39. The highest BCUT2D eigenvalue weighted by Gasteiger charge is 2.30. The minimum absolute atomic E-state index is 0.0507. The predicted molar refractivity (Wildman–Crippen MR) is 105 cm³/mol. The van der Waals surface area contributed by atoms with Crippen molar-refractivity contribution in [3.63, 3.8) is 0 Å². The zero-order valence-corrected chi connectivity index (χ0v) is 16.3. The molecule has 1 aliphatic carbocycles. The van der Waals surface area contributed by atoms with E-state index in [-0.39, 0.29) is 17.6 Å². The molecule has 1 aliphatic heterocycles. The van der Waals surface area contributed by atoms with Crippen LogP contribution >= 0.6 is 0 Å². The van der Waals surface area contributed by atoms with Crippen LogP contribution in [0.5, 0.6) is 0 Å². The zero-order valence-electron chi connectivity index (χ0n) is 16.3. The number of aliphatic hydroxyl groups excluding tert-OH is 1. The van der Waals surface area contributed by atoms with Crippen LogP contribution in [0.15, 0.2) is 18.2 Å². The summed E-state index contributed by atoms with van der Waals surface area (Å²) in [7, 11) is 0. The zero-order chi connectivity index (χ0) is 18.0. The van der Waals surface area contributed by atoms with Gasteiger partial charge in [0.2, 0.25) is 0 Å². The Morgan fingerprint density at radius 2 is 1.88 bits per heavy atom. The van der Waals surface area contributed by atoms with Gasteiger partial charge in [-0.25, -0.2) is 0 Å². The van der Waals surface area contributed by atoms with Crippen LogP contribution in [-0.4, -0.2) is 35.2 Å². The van der Waals surface area contributed by atoms with Crippen LogP contribution in [0.2, 0.25) is 0 Å². The molecule has 2 aliphatic rings. The number of benzene rings is 1. The first kappa shape index (κ1) is 18.9. The van der Waals surface area contributed by atoms with E-state index in [4.69, 9.17) is 5.73 Å². The van der Waals surface area contributed by atoms with Gasteiger partial charge in [-0.3, -0.25) is 4.90 Å². The van der Waals surface area contributed by atoms with E-state index in [0.29, 0.717) is 5.92 Å². The summed E-state index contributed by atoms with van der Waals surface area (Å²) >= 11 is 0. The summed E-state index contributed by atoms with van der Waals surface area (Å²) < 4.78 is 0. The average molecular weight is 345 g/mol. The maximum atomic E-state index is 10.5. The molecule has 1 aromatic carbocycles. The van der Waals surface area contributed by atoms with Gasteiger partial charge in [0.1, 0.15) is 0 Å². The topological polar surface area (TPSA) is 49.5 Å². The molecule has 25 heavy (non-hydrogen) atoms. The molecule has 0 amide bonds. The molecule has 3 heteroatoms. The molecule has 1 aromatic rings. The van der Waals surface area contributed by atoms with Gasteiger partial charge in [0.25, 0.3) is 0 Å². The van der Waals surface area contributed by atoms with E-state index >= 15 is 0 Å². The number of hydrogen-bond acceptors (Lipinski definition) is 3. The highest BCUT2D eigenvalue weighted by molar-refractivity contribution is 5.33. The van der Waals surface area contributed by atoms with Crippen LogP contribution in [0.4, 0.5) is 0 Å². The second-order valence-electron chi connectivity index (χ2n) is 9.48. The van der Waals surface area contributed by atoms with Crippen molar-refractivity contribution < 1.29 is 5.11 Å². The monoisotopic (exact) mass is 344 g/mol. The SMILES string of the molecule is CC(C)(C)C(O)CC1CC(N)CN(Cc2ccc3c(c2)CCCC3)C1. The summed E-state index contributed by atoms with van der Waals surface area (Å²) in [4.78, 5) is 2.50. The summed E-state index contributed by atoms with van der Waals surface area (Å²) in [5, 5.41) is 10.5. The van der Waals surface area contributed by atoms with Crippen LogP contribution < -0.4 is 5.73 Å². The molecule has 0 bridgehead atoms. The van der Waals surface area contributed by atoms with Gasteiger partial charge < -0.3 is 10.8 Å². The van der Waals surface area contributed by atoms with E-state index in [0.717, 1.165) is 32.5 Å². The number of rotatable bonds is 4. The summed E-state index contributed by atoms with van der Waals surface area (Å²) in [5.74, 6) is 0.496. The molecule has 3 unspecified atom stereocenters. The van der Waals surface area contributed by atoms with Crippen molar-refractivity contribution in [2.24, 2.45) is 17.1 Å². The van der Waals surface area contributed by atoms with Crippen molar-refractivity contribution in [2.75, 3.05) is 13.1 Å². The van der Waals surface area contributed by atoms with Crippen LogP contribution in [0, 0.1) is 11.3 Å². The molecule has 140 valence electrons. The molecular formula is C22H36N2O. The molecule has 0 radical (unpaired) electrons. The van der Waals surface area contributed by atoms with Gasteiger partial charge in [0.15, 0.2) is 0 Å². The Morgan fingerprint density at radius 3 is 2.60 bits per heavy atom. The van der Waals surface area contributed by atoms with Crippen LogP contribution in [-0.2, 0) is 19.4 Å². The maximum absolute atomic E-state index is 10.5. The van der Waals surface area contributed by atoms with E-state index in [1.54, 1.807) is 11.1 Å². The summed E-state index contributed by atoms with van der Waals surface area (Å²) in [6, 6.07) is 7.30. The average Bonchev–Trinajstić information content (AvgIpc) is 2.53. The summed E-state index contributed by atoms with van der Waals surface area (Å²) in [6.07, 6.45) is 6.79. The number of hydrogen-bond donors (Lipinski definition) is 2. The second kappa shape index (κ2) is 7.77. The molecule has 0 saturated carbocycles. The van der Waals surface area contributed by atoms with E-state index in [1.807, 2.05) is 0 Å². The fourth-order valence-electron chi connectivity index (χ4n) is 4.46. The lowest BCUT2D eigenvalue weighted by atomic mass is 9.80. The summed E-state index contributed by atoms with van der Waals surface area (Å²) in [5.41, 5.74) is 10.8. The normalized spacial score (nSPS) is 26.3. The van der Waals surface area contributed by atoms with Crippen molar-refractivity contribution in [1.82, 2.24) is 4.90 Å². The number of nitrogens with two attached hydrogens (primary N) is 1. The first-order chi connectivity index (χ1) is 11.8. The smallest absolute Gasteiger partial charge is 0.0591 e. The number of aliphatic hydroxyl groups is 1. The third-order valence-electron chi connectivity index (χ3n) is 6.02. The molecular weight excluding hydrogens is 308 g/mol. The third-order valence-corrected chi connectivity index (χ3v) is 6.02. The first-order valence-electron chi connectivity index (χ1n) is 10.1. The molecule has 1 fully saturated rings. The fourth-order valence-corrected chi connectivity index (χ4v) is 4.46. The van der Waals surface area contributed by atoms with Gasteiger partial charge >= 0.3 is 0 Å². The summed E-state index contributed by atoms with van der Waals surface area (Å²) in [6.45, 7) is 9.36. The number of piperidine rings is 1. The quantitative estimate of drug-likeness (QED) is 0.879. The third kappa shape index (κ3) is 5.06. The molecule has 0 aromatic heterocycles. The van der Waals surface area contributed by atoms with Crippen molar-refractivity contribution in [1.29, 1.82) is 0 Å². The molecule has 3 atom stereocenters. The van der Waals surface area contributed by atoms with Gasteiger partial charge in [-0.05, 0) is 66.5 Å². The Morgan fingerprint density at radius 1 is 1.16 bits per heavy atom. The van der Waals surface area contributed by atoms with Gasteiger partial charge in [0, 0.05) is 25.7 Å². The Balaban J connectivity index is 1.62. The van der Waals surface area contributed by atoms with Gasteiger partial charge in [0.05, 0.1) is 6.10 Å². The van der Waals surface area contributed by atoms with Gasteiger partial charge in [-0.2, -0.15) is 0 Å². The van der Waals surface area contributed by atoms with E-state index in [9.17, 15) is 5.11 Å². The number of fused-ring (bicyclic) bond motifs is 1. The molecule has 1 heterocycles. The number of likely N-dealkylation sites (tertiary alicyclic amines) is 1.